The van der Waals surface area contributed by atoms with Crippen molar-refractivity contribution in [2.45, 2.75) is 43.7 Å². The number of carbonyl (C=O) groups excluding carboxylic acids is 1. The van der Waals surface area contributed by atoms with Gasteiger partial charge in [0.25, 0.3) is 5.91 Å². The molecule has 0 atom stereocenters. The van der Waals surface area contributed by atoms with Crippen molar-refractivity contribution in [3.63, 3.8) is 0 Å². The summed E-state index contributed by atoms with van der Waals surface area (Å²) in [5, 5.41) is 7.09. The highest BCUT2D eigenvalue weighted by atomic mass is 35.5. The molecule has 156 valence electrons. The second-order valence-corrected chi connectivity index (χ2v) is 8.43. The molecule has 0 radical (unpaired) electrons. The Balaban J connectivity index is 1.17. The average molecular weight is 427 g/mol. The highest BCUT2D eigenvalue weighted by Gasteiger charge is 2.27. The van der Waals surface area contributed by atoms with Crippen molar-refractivity contribution in [1.82, 2.24) is 15.3 Å². The lowest BCUT2D eigenvalue weighted by Crippen LogP contribution is -2.40. The van der Waals surface area contributed by atoms with Gasteiger partial charge < -0.3 is 19.8 Å². The van der Waals surface area contributed by atoms with E-state index in [0.717, 1.165) is 42.7 Å². The number of rotatable bonds is 5. The van der Waals surface area contributed by atoms with Crippen molar-refractivity contribution < 1.29 is 13.9 Å². The normalized spacial score (nSPS) is 21.9. The number of amides is 1. The lowest BCUT2D eigenvalue weighted by Gasteiger charge is -2.28. The number of hydrogen-bond acceptors (Lipinski definition) is 6. The number of nitrogens with zero attached hydrogens (tertiary/aromatic N) is 2. The number of aromatic nitrogens is 2. The van der Waals surface area contributed by atoms with Crippen LogP contribution >= 0.6 is 11.6 Å². The van der Waals surface area contributed by atoms with Gasteiger partial charge in [-0.1, -0.05) is 11.6 Å². The zero-order valence-electron chi connectivity index (χ0n) is 16.4. The molecule has 5 rings (SSSR count). The second kappa shape index (κ2) is 8.24. The topological polar surface area (TPSA) is 89.3 Å². The van der Waals surface area contributed by atoms with E-state index < -0.39 is 0 Å². The molecule has 2 N–H and O–H groups in total. The van der Waals surface area contributed by atoms with Crippen molar-refractivity contribution in [2.24, 2.45) is 0 Å². The highest BCUT2D eigenvalue weighted by Crippen LogP contribution is 2.34. The SMILES string of the molecule is O=C(NC1CCC(c2nc3cc(Cl)ccc3o2)CC1)c1ccnc(NC2COC2)c1. The number of halogens is 1. The van der Waals surface area contributed by atoms with E-state index in [2.05, 4.69) is 20.6 Å². The summed E-state index contributed by atoms with van der Waals surface area (Å²) in [5.41, 5.74) is 2.18. The molecule has 1 saturated carbocycles. The maximum absolute atomic E-state index is 12.7. The maximum Gasteiger partial charge on any atom is 0.251 e. The molecule has 30 heavy (non-hydrogen) atoms. The molecular formula is C22H23ClN4O3. The predicted octanol–water partition coefficient (Wildman–Crippen LogP) is 4.14. The van der Waals surface area contributed by atoms with E-state index in [1.54, 1.807) is 18.3 Å². The summed E-state index contributed by atoms with van der Waals surface area (Å²) >= 11 is 6.04. The van der Waals surface area contributed by atoms with E-state index in [0.29, 0.717) is 29.6 Å². The van der Waals surface area contributed by atoms with Gasteiger partial charge >= 0.3 is 0 Å². The Bertz CT molecular complexity index is 1060. The van der Waals surface area contributed by atoms with Gasteiger partial charge in [0.2, 0.25) is 0 Å². The maximum atomic E-state index is 12.7. The van der Waals surface area contributed by atoms with Gasteiger partial charge in [0.15, 0.2) is 11.5 Å². The summed E-state index contributed by atoms with van der Waals surface area (Å²) in [6, 6.07) is 9.45. The van der Waals surface area contributed by atoms with Crippen LogP contribution in [0.25, 0.3) is 11.1 Å². The third-order valence-corrected chi connectivity index (χ3v) is 6.03. The summed E-state index contributed by atoms with van der Waals surface area (Å²) in [5.74, 6) is 1.67. The molecule has 0 unspecified atom stereocenters. The molecule has 1 aliphatic carbocycles. The third kappa shape index (κ3) is 4.13. The first-order chi connectivity index (χ1) is 14.6. The zero-order chi connectivity index (χ0) is 20.5. The van der Waals surface area contributed by atoms with E-state index in [1.807, 2.05) is 18.2 Å². The lowest BCUT2D eigenvalue weighted by molar-refractivity contribution is 0.0209. The molecule has 0 bridgehead atoms. The molecule has 2 aromatic heterocycles. The van der Waals surface area contributed by atoms with Crippen molar-refractivity contribution in [2.75, 3.05) is 18.5 Å². The Kier molecular flexibility index (Phi) is 5.31. The Morgan fingerprint density at radius 3 is 2.67 bits per heavy atom. The van der Waals surface area contributed by atoms with Gasteiger partial charge in [-0.3, -0.25) is 4.79 Å². The number of benzene rings is 1. The van der Waals surface area contributed by atoms with Crippen LogP contribution in [0.1, 0.15) is 47.8 Å². The third-order valence-electron chi connectivity index (χ3n) is 5.79. The van der Waals surface area contributed by atoms with Crippen molar-refractivity contribution in [3.05, 3.63) is 53.0 Å². The van der Waals surface area contributed by atoms with Crippen LogP contribution in [0, 0.1) is 0 Å². The summed E-state index contributed by atoms with van der Waals surface area (Å²) in [6.45, 7) is 1.35. The Morgan fingerprint density at radius 2 is 1.90 bits per heavy atom. The van der Waals surface area contributed by atoms with Gasteiger partial charge in [-0.25, -0.2) is 9.97 Å². The first kappa shape index (κ1) is 19.3. The zero-order valence-corrected chi connectivity index (χ0v) is 17.2. The quantitative estimate of drug-likeness (QED) is 0.637. The van der Waals surface area contributed by atoms with Crippen LogP contribution in [0.4, 0.5) is 5.82 Å². The number of ether oxygens (including phenoxy) is 1. The summed E-state index contributed by atoms with van der Waals surface area (Å²) < 4.78 is 11.1. The minimum absolute atomic E-state index is 0.0646. The predicted molar refractivity (Wildman–Crippen MR) is 114 cm³/mol. The van der Waals surface area contributed by atoms with Gasteiger partial charge in [-0.05, 0) is 56.0 Å². The van der Waals surface area contributed by atoms with Crippen LogP contribution in [-0.2, 0) is 4.74 Å². The smallest absolute Gasteiger partial charge is 0.251 e. The summed E-state index contributed by atoms with van der Waals surface area (Å²) in [4.78, 5) is 21.6. The van der Waals surface area contributed by atoms with Crippen LogP contribution in [0.15, 0.2) is 40.9 Å². The van der Waals surface area contributed by atoms with Crippen molar-refractivity contribution >= 4 is 34.4 Å². The van der Waals surface area contributed by atoms with Gasteiger partial charge in [0.05, 0.1) is 19.3 Å². The minimum atomic E-state index is -0.0646. The number of carbonyl (C=O) groups is 1. The van der Waals surface area contributed by atoms with Crippen LogP contribution < -0.4 is 10.6 Å². The van der Waals surface area contributed by atoms with E-state index in [9.17, 15) is 4.79 Å². The molecule has 2 aliphatic rings. The van der Waals surface area contributed by atoms with E-state index in [1.165, 1.54) is 0 Å². The number of nitrogens with one attached hydrogen (secondary N) is 2. The fraction of sp³-hybridized carbons (Fsp3) is 0.409. The Morgan fingerprint density at radius 1 is 1.07 bits per heavy atom. The van der Waals surface area contributed by atoms with Gasteiger partial charge in [-0.15, -0.1) is 0 Å². The molecule has 0 spiro atoms. The van der Waals surface area contributed by atoms with E-state index in [4.69, 9.17) is 20.8 Å². The van der Waals surface area contributed by atoms with Crippen LogP contribution in [0.5, 0.6) is 0 Å². The first-order valence-electron chi connectivity index (χ1n) is 10.3. The number of oxazole rings is 1. The number of hydrogen-bond donors (Lipinski definition) is 2. The first-order valence-corrected chi connectivity index (χ1v) is 10.7. The number of pyridine rings is 1. The molecule has 1 saturated heterocycles. The number of fused-ring (bicyclic) bond motifs is 1. The van der Waals surface area contributed by atoms with Gasteiger partial charge in [0, 0.05) is 28.7 Å². The van der Waals surface area contributed by atoms with E-state index in [-0.39, 0.29) is 23.9 Å². The summed E-state index contributed by atoms with van der Waals surface area (Å²) in [7, 11) is 0. The largest absolute Gasteiger partial charge is 0.440 e. The fourth-order valence-corrected chi connectivity index (χ4v) is 4.19. The molecule has 8 heteroatoms. The lowest BCUT2D eigenvalue weighted by atomic mass is 9.86. The van der Waals surface area contributed by atoms with Crippen molar-refractivity contribution in [3.8, 4) is 0 Å². The van der Waals surface area contributed by atoms with Gasteiger partial charge in [-0.2, -0.15) is 0 Å². The molecule has 2 fully saturated rings. The van der Waals surface area contributed by atoms with Crippen molar-refractivity contribution in [1.29, 1.82) is 0 Å². The Hall–Kier alpha value is -2.64. The Labute approximate surface area is 179 Å². The van der Waals surface area contributed by atoms with Crippen LogP contribution in [-0.4, -0.2) is 41.2 Å². The van der Waals surface area contributed by atoms with E-state index >= 15 is 0 Å². The molecular weight excluding hydrogens is 404 g/mol. The molecule has 3 heterocycles. The highest BCUT2D eigenvalue weighted by molar-refractivity contribution is 6.31. The molecule has 3 aromatic rings. The minimum Gasteiger partial charge on any atom is -0.440 e. The molecule has 7 nitrogen and oxygen atoms in total. The van der Waals surface area contributed by atoms with Gasteiger partial charge in [0.1, 0.15) is 11.3 Å². The fourth-order valence-electron chi connectivity index (χ4n) is 4.03. The standard InChI is InChI=1S/C22H23ClN4O3/c23-15-3-6-19-18(10-15)27-22(30-19)13-1-4-16(5-2-13)26-21(28)14-7-8-24-20(9-14)25-17-11-29-12-17/h3,6-10,13,16-17H,1-2,4-5,11-12H2,(H,24,25)(H,26,28). The monoisotopic (exact) mass is 426 g/mol. The van der Waals surface area contributed by atoms with Crippen LogP contribution in [0.3, 0.4) is 0 Å². The molecule has 1 amide bonds. The average Bonchev–Trinajstić information content (AvgIpc) is 3.14. The molecule has 1 aromatic carbocycles. The summed E-state index contributed by atoms with van der Waals surface area (Å²) in [6.07, 6.45) is 5.30. The molecule has 1 aliphatic heterocycles. The second-order valence-electron chi connectivity index (χ2n) is 7.99. The van der Waals surface area contributed by atoms with Crippen LogP contribution in [0.2, 0.25) is 5.02 Å². The number of anilines is 1.